The highest BCUT2D eigenvalue weighted by molar-refractivity contribution is 5.76. The van der Waals surface area contributed by atoms with Gasteiger partial charge in [-0.3, -0.25) is 4.79 Å². The molecule has 1 fully saturated rings. The molecule has 1 saturated heterocycles. The van der Waals surface area contributed by atoms with Gasteiger partial charge in [-0.2, -0.15) is 0 Å². The van der Waals surface area contributed by atoms with Gasteiger partial charge in [-0.25, -0.2) is 0 Å². The van der Waals surface area contributed by atoms with Crippen molar-refractivity contribution in [2.75, 3.05) is 39.9 Å². The van der Waals surface area contributed by atoms with Crippen LogP contribution in [0.3, 0.4) is 0 Å². The van der Waals surface area contributed by atoms with Crippen molar-refractivity contribution in [1.82, 2.24) is 10.2 Å². The van der Waals surface area contributed by atoms with E-state index in [0.717, 1.165) is 45.6 Å². The summed E-state index contributed by atoms with van der Waals surface area (Å²) in [6, 6.07) is -0.326. The molecule has 1 aliphatic rings. The van der Waals surface area contributed by atoms with Crippen molar-refractivity contribution in [1.29, 1.82) is 0 Å². The summed E-state index contributed by atoms with van der Waals surface area (Å²) in [6.45, 7) is 8.80. The second kappa shape index (κ2) is 8.45. The van der Waals surface area contributed by atoms with Gasteiger partial charge in [0.15, 0.2) is 0 Å². The molecular weight excluding hydrogens is 232 g/mol. The lowest BCUT2D eigenvalue weighted by Crippen LogP contribution is -2.48. The Hall–Kier alpha value is -0.650. The summed E-state index contributed by atoms with van der Waals surface area (Å²) >= 11 is 0. The van der Waals surface area contributed by atoms with Gasteiger partial charge in [0.05, 0.1) is 13.2 Å². The van der Waals surface area contributed by atoms with Crippen LogP contribution in [0.25, 0.3) is 0 Å². The first-order chi connectivity index (χ1) is 8.72. The molecule has 0 amide bonds. The molecule has 0 aromatic rings. The first kappa shape index (κ1) is 15.4. The van der Waals surface area contributed by atoms with Crippen molar-refractivity contribution < 1.29 is 14.3 Å². The lowest BCUT2D eigenvalue weighted by atomic mass is 10.1. The van der Waals surface area contributed by atoms with Crippen LogP contribution in [-0.4, -0.2) is 62.9 Å². The Morgan fingerprint density at radius 3 is 2.72 bits per heavy atom. The maximum absolute atomic E-state index is 11.7. The Morgan fingerprint density at radius 2 is 2.22 bits per heavy atom. The fourth-order valence-electron chi connectivity index (χ4n) is 2.28. The fraction of sp³-hybridized carbons (Fsp3) is 0.923. The third-order valence-corrected chi connectivity index (χ3v) is 3.48. The number of hydrogen-bond donors (Lipinski definition) is 1. The molecule has 5 nitrogen and oxygen atoms in total. The summed E-state index contributed by atoms with van der Waals surface area (Å²) < 4.78 is 10.4. The summed E-state index contributed by atoms with van der Waals surface area (Å²) in [6.07, 6.45) is 1.92. The van der Waals surface area contributed by atoms with Gasteiger partial charge in [-0.1, -0.05) is 13.8 Å². The molecule has 1 rings (SSSR count). The van der Waals surface area contributed by atoms with E-state index in [1.165, 1.54) is 7.11 Å². The maximum Gasteiger partial charge on any atom is 0.325 e. The van der Waals surface area contributed by atoms with Gasteiger partial charge in [0.1, 0.15) is 6.04 Å². The Kier molecular flexibility index (Phi) is 7.23. The Morgan fingerprint density at radius 1 is 1.50 bits per heavy atom. The molecule has 18 heavy (non-hydrogen) atoms. The fourth-order valence-corrected chi connectivity index (χ4v) is 2.28. The molecule has 0 bridgehead atoms. The Labute approximate surface area is 110 Å². The normalized spacial score (nSPS) is 21.2. The van der Waals surface area contributed by atoms with E-state index in [1.807, 2.05) is 0 Å². The van der Waals surface area contributed by atoms with Crippen molar-refractivity contribution in [3.8, 4) is 0 Å². The van der Waals surface area contributed by atoms with E-state index in [9.17, 15) is 4.79 Å². The lowest BCUT2D eigenvalue weighted by Gasteiger charge is -2.24. The van der Waals surface area contributed by atoms with Crippen LogP contribution in [0, 0.1) is 0 Å². The van der Waals surface area contributed by atoms with E-state index < -0.39 is 0 Å². The molecule has 1 N–H and O–H groups in total. The highest BCUT2D eigenvalue weighted by atomic mass is 16.5. The topological polar surface area (TPSA) is 50.8 Å². The molecule has 0 aromatic carbocycles. The first-order valence-electron chi connectivity index (χ1n) is 6.88. The smallest absolute Gasteiger partial charge is 0.325 e. The third-order valence-electron chi connectivity index (χ3n) is 3.48. The van der Waals surface area contributed by atoms with Gasteiger partial charge in [-0.15, -0.1) is 0 Å². The van der Waals surface area contributed by atoms with Gasteiger partial charge >= 0.3 is 5.97 Å². The van der Waals surface area contributed by atoms with E-state index in [2.05, 4.69) is 24.1 Å². The summed E-state index contributed by atoms with van der Waals surface area (Å²) in [5, 5.41) is 3.27. The largest absolute Gasteiger partial charge is 0.468 e. The zero-order chi connectivity index (χ0) is 13.4. The van der Waals surface area contributed by atoms with Crippen LogP contribution in [0.1, 0.15) is 26.7 Å². The number of nitrogens with zero attached hydrogens (tertiary/aromatic N) is 1. The zero-order valence-electron chi connectivity index (χ0n) is 11.8. The average Bonchev–Trinajstić information content (AvgIpc) is 2.92. The molecule has 0 radical (unpaired) electrons. The SMILES string of the molecule is CCN(CC)CCNC(C(=O)OC)C1CCCO1. The number of esters is 1. The number of carbonyl (C=O) groups is 1. The van der Waals surface area contributed by atoms with Crippen molar-refractivity contribution in [2.24, 2.45) is 0 Å². The maximum atomic E-state index is 11.7. The predicted molar refractivity (Wildman–Crippen MR) is 70.6 cm³/mol. The molecule has 0 saturated carbocycles. The first-order valence-corrected chi connectivity index (χ1v) is 6.88. The van der Waals surface area contributed by atoms with E-state index in [1.54, 1.807) is 0 Å². The molecule has 2 unspecified atom stereocenters. The molecule has 2 atom stereocenters. The van der Waals surface area contributed by atoms with Crippen LogP contribution in [0.4, 0.5) is 0 Å². The summed E-state index contributed by atoms with van der Waals surface area (Å²) in [4.78, 5) is 14.1. The lowest BCUT2D eigenvalue weighted by molar-refractivity contribution is -0.146. The van der Waals surface area contributed by atoms with Crippen LogP contribution >= 0.6 is 0 Å². The van der Waals surface area contributed by atoms with Crippen LogP contribution < -0.4 is 5.32 Å². The molecule has 0 spiro atoms. The minimum atomic E-state index is -0.326. The number of ether oxygens (including phenoxy) is 2. The van der Waals surface area contributed by atoms with Gasteiger partial charge in [0.25, 0.3) is 0 Å². The summed E-state index contributed by atoms with van der Waals surface area (Å²) in [5.74, 6) is -0.221. The quantitative estimate of drug-likeness (QED) is 0.647. The van der Waals surface area contributed by atoms with Crippen molar-refractivity contribution in [3.05, 3.63) is 0 Å². The molecule has 1 aliphatic heterocycles. The highest BCUT2D eigenvalue weighted by Crippen LogP contribution is 2.16. The van der Waals surface area contributed by atoms with Crippen molar-refractivity contribution >= 4 is 5.97 Å². The van der Waals surface area contributed by atoms with Gasteiger partial charge < -0.3 is 19.7 Å². The molecule has 5 heteroatoms. The van der Waals surface area contributed by atoms with Crippen molar-refractivity contribution in [2.45, 2.75) is 38.8 Å². The van der Waals surface area contributed by atoms with E-state index in [0.29, 0.717) is 0 Å². The van der Waals surface area contributed by atoms with Gasteiger partial charge in [-0.05, 0) is 25.9 Å². The minimum Gasteiger partial charge on any atom is -0.468 e. The zero-order valence-corrected chi connectivity index (χ0v) is 11.8. The molecule has 1 heterocycles. The molecular formula is C13H26N2O3. The average molecular weight is 258 g/mol. The van der Waals surface area contributed by atoms with E-state index in [4.69, 9.17) is 9.47 Å². The van der Waals surface area contributed by atoms with Gasteiger partial charge in [0, 0.05) is 19.7 Å². The van der Waals surface area contributed by atoms with E-state index in [-0.39, 0.29) is 18.1 Å². The number of rotatable bonds is 8. The number of carbonyl (C=O) groups excluding carboxylic acids is 1. The molecule has 0 aromatic heterocycles. The van der Waals surface area contributed by atoms with Gasteiger partial charge in [0.2, 0.25) is 0 Å². The number of methoxy groups -OCH3 is 1. The number of likely N-dealkylation sites (N-methyl/N-ethyl adjacent to an activating group) is 1. The molecule has 0 aliphatic carbocycles. The van der Waals surface area contributed by atoms with Crippen LogP contribution in [-0.2, 0) is 14.3 Å². The monoisotopic (exact) mass is 258 g/mol. The summed E-state index contributed by atoms with van der Waals surface area (Å²) in [7, 11) is 1.43. The standard InChI is InChI=1S/C13H26N2O3/c1-4-15(5-2)9-8-14-12(13(16)17-3)11-7-6-10-18-11/h11-12,14H,4-10H2,1-3H3. The second-order valence-corrected chi connectivity index (χ2v) is 4.53. The van der Waals surface area contributed by atoms with Crippen LogP contribution in [0.2, 0.25) is 0 Å². The Balaban J connectivity index is 2.38. The number of nitrogens with one attached hydrogen (secondary N) is 1. The predicted octanol–water partition coefficient (Wildman–Crippen LogP) is 0.638. The Bertz CT molecular complexity index is 238. The van der Waals surface area contributed by atoms with Crippen LogP contribution in [0.5, 0.6) is 0 Å². The van der Waals surface area contributed by atoms with Crippen molar-refractivity contribution in [3.63, 3.8) is 0 Å². The summed E-state index contributed by atoms with van der Waals surface area (Å²) in [5.41, 5.74) is 0. The van der Waals surface area contributed by atoms with Crippen LogP contribution in [0.15, 0.2) is 0 Å². The second-order valence-electron chi connectivity index (χ2n) is 4.53. The third kappa shape index (κ3) is 4.55. The molecule has 106 valence electrons. The highest BCUT2D eigenvalue weighted by Gasteiger charge is 2.31. The van der Waals surface area contributed by atoms with E-state index >= 15 is 0 Å². The number of hydrogen-bond acceptors (Lipinski definition) is 5. The minimum absolute atomic E-state index is 0.0332.